The SMILES string of the molecule is O=C(NC1CCC(C(=O)O)CC1)c1ccccc1-n1ccnn1. The highest BCUT2D eigenvalue weighted by molar-refractivity contribution is 5.97. The van der Waals surface area contributed by atoms with E-state index < -0.39 is 5.97 Å². The minimum atomic E-state index is -0.744. The molecule has 1 aromatic carbocycles. The number of hydrogen-bond acceptors (Lipinski definition) is 4. The van der Waals surface area contributed by atoms with Gasteiger partial charge in [0.25, 0.3) is 5.91 Å². The van der Waals surface area contributed by atoms with E-state index in [9.17, 15) is 9.59 Å². The highest BCUT2D eigenvalue weighted by Gasteiger charge is 2.27. The molecule has 0 unspecified atom stereocenters. The average molecular weight is 314 g/mol. The lowest BCUT2D eigenvalue weighted by atomic mass is 9.86. The quantitative estimate of drug-likeness (QED) is 0.894. The molecule has 7 heteroatoms. The molecule has 7 nitrogen and oxygen atoms in total. The number of carboxylic acids is 1. The Morgan fingerprint density at radius 3 is 2.57 bits per heavy atom. The molecule has 1 aliphatic rings. The van der Waals surface area contributed by atoms with Crippen LogP contribution in [0.2, 0.25) is 0 Å². The number of nitrogens with one attached hydrogen (secondary N) is 1. The normalized spacial score (nSPS) is 20.9. The van der Waals surface area contributed by atoms with E-state index in [0.717, 1.165) is 0 Å². The van der Waals surface area contributed by atoms with Crippen LogP contribution >= 0.6 is 0 Å². The molecule has 1 saturated carbocycles. The Hall–Kier alpha value is -2.70. The summed E-state index contributed by atoms with van der Waals surface area (Å²) in [5.41, 5.74) is 1.19. The number of para-hydroxylation sites is 1. The van der Waals surface area contributed by atoms with Crippen LogP contribution in [0.15, 0.2) is 36.7 Å². The molecule has 0 radical (unpaired) electrons. The molecule has 0 saturated heterocycles. The molecule has 23 heavy (non-hydrogen) atoms. The average Bonchev–Trinajstić information content (AvgIpc) is 3.09. The maximum Gasteiger partial charge on any atom is 0.306 e. The second-order valence-electron chi connectivity index (χ2n) is 5.73. The summed E-state index contributed by atoms with van der Waals surface area (Å²) in [5.74, 6) is -1.20. The summed E-state index contributed by atoms with van der Waals surface area (Å²) >= 11 is 0. The lowest BCUT2D eigenvalue weighted by Gasteiger charge is -2.27. The third-order valence-electron chi connectivity index (χ3n) is 4.23. The molecule has 120 valence electrons. The summed E-state index contributed by atoms with van der Waals surface area (Å²) in [5, 5.41) is 19.7. The molecule has 1 amide bonds. The number of benzene rings is 1. The fraction of sp³-hybridized carbons (Fsp3) is 0.375. The minimum Gasteiger partial charge on any atom is -0.481 e. The van der Waals surface area contributed by atoms with Crippen molar-refractivity contribution in [1.29, 1.82) is 0 Å². The van der Waals surface area contributed by atoms with Crippen LogP contribution in [0.25, 0.3) is 5.69 Å². The Balaban J connectivity index is 1.69. The van der Waals surface area contributed by atoms with Crippen molar-refractivity contribution in [3.05, 3.63) is 42.2 Å². The molecule has 0 atom stereocenters. The number of aliphatic carboxylic acids is 1. The summed E-state index contributed by atoms with van der Waals surface area (Å²) in [7, 11) is 0. The Bertz CT molecular complexity index is 691. The number of carbonyl (C=O) groups is 2. The fourth-order valence-corrected chi connectivity index (χ4v) is 2.95. The summed E-state index contributed by atoms with van der Waals surface area (Å²) in [6, 6.07) is 7.21. The number of nitrogens with zero attached hydrogens (tertiary/aromatic N) is 3. The van der Waals surface area contributed by atoms with Gasteiger partial charge >= 0.3 is 5.97 Å². The third-order valence-corrected chi connectivity index (χ3v) is 4.23. The summed E-state index contributed by atoms with van der Waals surface area (Å²) in [4.78, 5) is 23.5. The molecule has 0 bridgehead atoms. The van der Waals surface area contributed by atoms with Crippen molar-refractivity contribution < 1.29 is 14.7 Å². The molecule has 1 aliphatic carbocycles. The van der Waals surface area contributed by atoms with Crippen LogP contribution in [-0.2, 0) is 4.79 Å². The lowest BCUT2D eigenvalue weighted by Crippen LogP contribution is -2.39. The molecule has 2 N–H and O–H groups in total. The second-order valence-corrected chi connectivity index (χ2v) is 5.73. The van der Waals surface area contributed by atoms with Gasteiger partial charge in [-0.05, 0) is 37.8 Å². The second kappa shape index (κ2) is 6.60. The number of carbonyl (C=O) groups excluding carboxylic acids is 1. The number of rotatable bonds is 4. The summed E-state index contributed by atoms with van der Waals surface area (Å²) < 4.78 is 1.55. The lowest BCUT2D eigenvalue weighted by molar-refractivity contribution is -0.142. The number of hydrogen-bond donors (Lipinski definition) is 2. The van der Waals surface area contributed by atoms with E-state index in [2.05, 4.69) is 15.6 Å². The zero-order valence-corrected chi connectivity index (χ0v) is 12.6. The van der Waals surface area contributed by atoms with Gasteiger partial charge in [-0.2, -0.15) is 0 Å². The summed E-state index contributed by atoms with van der Waals surface area (Å²) in [6.07, 6.45) is 5.82. The van der Waals surface area contributed by atoms with E-state index >= 15 is 0 Å². The van der Waals surface area contributed by atoms with Crippen molar-refractivity contribution in [1.82, 2.24) is 20.3 Å². The highest BCUT2D eigenvalue weighted by atomic mass is 16.4. The van der Waals surface area contributed by atoms with Crippen molar-refractivity contribution in [3.8, 4) is 5.69 Å². The van der Waals surface area contributed by atoms with E-state index in [1.165, 1.54) is 0 Å². The standard InChI is InChI=1S/C16H18N4O3/c21-15(18-12-7-5-11(6-8-12)16(22)23)13-3-1-2-4-14(13)20-10-9-17-19-20/h1-4,9-12H,5-8H2,(H,18,21)(H,22,23). The highest BCUT2D eigenvalue weighted by Crippen LogP contribution is 2.25. The first-order chi connectivity index (χ1) is 11.1. The Kier molecular flexibility index (Phi) is 4.36. The summed E-state index contributed by atoms with van der Waals surface area (Å²) in [6.45, 7) is 0. The number of amides is 1. The molecule has 1 fully saturated rings. The van der Waals surface area contributed by atoms with Gasteiger partial charge in [-0.15, -0.1) is 5.10 Å². The fourth-order valence-electron chi connectivity index (χ4n) is 2.95. The van der Waals surface area contributed by atoms with E-state index in [-0.39, 0.29) is 17.9 Å². The molecule has 3 rings (SSSR count). The van der Waals surface area contributed by atoms with Crippen LogP contribution in [-0.4, -0.2) is 38.0 Å². The van der Waals surface area contributed by atoms with Gasteiger partial charge in [-0.1, -0.05) is 17.3 Å². The van der Waals surface area contributed by atoms with E-state index in [0.29, 0.717) is 36.9 Å². The van der Waals surface area contributed by atoms with E-state index in [1.54, 1.807) is 29.2 Å². The van der Waals surface area contributed by atoms with E-state index in [1.807, 2.05) is 12.1 Å². The van der Waals surface area contributed by atoms with Crippen molar-refractivity contribution in [2.24, 2.45) is 5.92 Å². The zero-order valence-electron chi connectivity index (χ0n) is 12.6. The third kappa shape index (κ3) is 3.39. The monoisotopic (exact) mass is 314 g/mol. The van der Waals surface area contributed by atoms with Gasteiger partial charge < -0.3 is 10.4 Å². The molecule has 0 aliphatic heterocycles. The molecular weight excluding hydrogens is 296 g/mol. The van der Waals surface area contributed by atoms with Crippen LogP contribution in [0.3, 0.4) is 0 Å². The van der Waals surface area contributed by atoms with Gasteiger partial charge in [0.15, 0.2) is 0 Å². The first kappa shape index (κ1) is 15.2. The van der Waals surface area contributed by atoms with Gasteiger partial charge in [0, 0.05) is 6.04 Å². The molecular formula is C16H18N4O3. The van der Waals surface area contributed by atoms with Gasteiger partial charge in [-0.3, -0.25) is 9.59 Å². The van der Waals surface area contributed by atoms with Gasteiger partial charge in [0.2, 0.25) is 0 Å². The Morgan fingerprint density at radius 1 is 1.17 bits per heavy atom. The van der Waals surface area contributed by atoms with Crippen molar-refractivity contribution in [3.63, 3.8) is 0 Å². The topological polar surface area (TPSA) is 97.1 Å². The van der Waals surface area contributed by atoms with Crippen molar-refractivity contribution >= 4 is 11.9 Å². The number of carboxylic acid groups (broad SMARTS) is 1. The first-order valence-corrected chi connectivity index (χ1v) is 7.64. The van der Waals surface area contributed by atoms with Crippen LogP contribution in [0.4, 0.5) is 0 Å². The van der Waals surface area contributed by atoms with E-state index in [4.69, 9.17) is 5.11 Å². The molecule has 2 aromatic rings. The van der Waals surface area contributed by atoms with Crippen LogP contribution in [0.1, 0.15) is 36.0 Å². The maximum atomic E-state index is 12.6. The predicted molar refractivity (Wildman–Crippen MR) is 82.2 cm³/mol. The van der Waals surface area contributed by atoms with Gasteiger partial charge in [0.05, 0.1) is 29.6 Å². The Morgan fingerprint density at radius 2 is 1.91 bits per heavy atom. The van der Waals surface area contributed by atoms with Crippen LogP contribution < -0.4 is 5.32 Å². The largest absolute Gasteiger partial charge is 0.481 e. The predicted octanol–water partition coefficient (Wildman–Crippen LogP) is 1.64. The first-order valence-electron chi connectivity index (χ1n) is 7.64. The van der Waals surface area contributed by atoms with Gasteiger partial charge in [0.1, 0.15) is 0 Å². The van der Waals surface area contributed by atoms with Crippen molar-refractivity contribution in [2.75, 3.05) is 0 Å². The minimum absolute atomic E-state index is 0.0157. The molecule has 1 aromatic heterocycles. The Labute approximate surface area is 133 Å². The van der Waals surface area contributed by atoms with Crippen molar-refractivity contribution in [2.45, 2.75) is 31.7 Å². The molecule has 1 heterocycles. The maximum absolute atomic E-state index is 12.6. The zero-order chi connectivity index (χ0) is 16.2. The van der Waals surface area contributed by atoms with Gasteiger partial charge in [-0.25, -0.2) is 4.68 Å². The molecule has 0 spiro atoms. The number of aromatic nitrogens is 3. The smallest absolute Gasteiger partial charge is 0.306 e. The van der Waals surface area contributed by atoms with Crippen LogP contribution in [0.5, 0.6) is 0 Å². The van der Waals surface area contributed by atoms with Crippen LogP contribution in [0, 0.1) is 5.92 Å².